The van der Waals surface area contributed by atoms with E-state index in [1.54, 1.807) is 0 Å². The first kappa shape index (κ1) is 13.4. The fourth-order valence-electron chi connectivity index (χ4n) is 1.42. The number of hydrogen-bond donors (Lipinski definition) is 1. The summed E-state index contributed by atoms with van der Waals surface area (Å²) in [7, 11) is 2.55. The topological polar surface area (TPSA) is 61.5 Å². The lowest BCUT2D eigenvalue weighted by Gasteiger charge is -2.13. The van der Waals surface area contributed by atoms with Crippen LogP contribution in [0.25, 0.3) is 0 Å². The highest BCUT2D eigenvalue weighted by atomic mass is 19.3. The van der Waals surface area contributed by atoms with Crippen molar-refractivity contribution in [2.45, 2.75) is 6.43 Å². The Morgan fingerprint density at radius 3 is 2.29 bits per heavy atom. The highest BCUT2D eigenvalue weighted by Gasteiger charge is 2.20. The van der Waals surface area contributed by atoms with Gasteiger partial charge in [-0.1, -0.05) is 0 Å². The van der Waals surface area contributed by atoms with Crippen LogP contribution in [0.5, 0.6) is 11.5 Å². The molecule has 1 rings (SSSR count). The lowest BCUT2D eigenvalue weighted by molar-refractivity contribution is 0.0997. The summed E-state index contributed by atoms with van der Waals surface area (Å²) in [5.41, 5.74) is 5.04. The molecule has 4 nitrogen and oxygen atoms in total. The second-order valence-electron chi connectivity index (χ2n) is 3.22. The molecule has 0 radical (unpaired) electrons. The molecule has 0 aliphatic rings. The van der Waals surface area contributed by atoms with Gasteiger partial charge in [-0.2, -0.15) is 0 Å². The zero-order valence-corrected chi connectivity index (χ0v) is 9.50. The van der Waals surface area contributed by atoms with E-state index >= 15 is 0 Å². The molecule has 0 fully saturated rings. The van der Waals surface area contributed by atoms with E-state index in [2.05, 4.69) is 0 Å². The molecule has 1 aromatic carbocycles. The van der Waals surface area contributed by atoms with Crippen molar-refractivity contribution in [3.63, 3.8) is 0 Å². The van der Waals surface area contributed by atoms with Crippen molar-refractivity contribution < 1.29 is 23.0 Å². The first-order valence-corrected chi connectivity index (χ1v) is 4.82. The maximum Gasteiger partial charge on any atom is 0.267 e. The van der Waals surface area contributed by atoms with Gasteiger partial charge in [-0.25, -0.2) is 8.78 Å². The molecule has 0 aliphatic heterocycles. The predicted octanol–water partition coefficient (Wildman–Crippen LogP) is 1.78. The van der Waals surface area contributed by atoms with Crippen LogP contribution in [0.1, 0.15) is 22.3 Å². The number of methoxy groups -OCH3 is 2. The smallest absolute Gasteiger partial charge is 0.267 e. The number of carbonyl (C=O) groups is 1. The highest BCUT2D eigenvalue weighted by molar-refractivity contribution is 6.00. The zero-order valence-electron chi connectivity index (χ0n) is 9.50. The molecule has 6 heteroatoms. The number of carbonyl (C=O) groups excluding carboxylic acids is 1. The van der Waals surface area contributed by atoms with Crippen LogP contribution in [0.4, 0.5) is 8.78 Å². The van der Waals surface area contributed by atoms with Crippen molar-refractivity contribution in [2.75, 3.05) is 20.8 Å². The Bertz CT molecular complexity index is 421. The number of hydrogen-bond acceptors (Lipinski definition) is 4. The van der Waals surface area contributed by atoms with Crippen LogP contribution in [0.15, 0.2) is 12.1 Å². The summed E-state index contributed by atoms with van der Waals surface area (Å²) in [6.07, 6.45) is -2.71. The molecule has 0 amide bonds. The zero-order chi connectivity index (χ0) is 13.0. The molecule has 0 heterocycles. The molecule has 1 aromatic rings. The number of alkyl halides is 2. The number of ether oxygens (including phenoxy) is 2. The SMILES string of the molecule is COc1cc(C(F)F)c(OC)cc1C(=O)CN. The Morgan fingerprint density at radius 2 is 1.88 bits per heavy atom. The molecule has 0 spiro atoms. The fourth-order valence-corrected chi connectivity index (χ4v) is 1.42. The van der Waals surface area contributed by atoms with Gasteiger partial charge in [0.1, 0.15) is 11.5 Å². The molecule has 0 unspecified atom stereocenters. The molecule has 0 saturated carbocycles. The van der Waals surface area contributed by atoms with Gasteiger partial charge in [0.05, 0.1) is 31.9 Å². The minimum atomic E-state index is -2.71. The molecular weight excluding hydrogens is 232 g/mol. The quantitative estimate of drug-likeness (QED) is 0.803. The number of benzene rings is 1. The summed E-state index contributed by atoms with van der Waals surface area (Å²) in [6.45, 7) is -0.229. The fraction of sp³-hybridized carbons (Fsp3) is 0.364. The van der Waals surface area contributed by atoms with Gasteiger partial charge >= 0.3 is 0 Å². The summed E-state index contributed by atoms with van der Waals surface area (Å²) in [5, 5.41) is 0. The van der Waals surface area contributed by atoms with Gasteiger partial charge in [0, 0.05) is 0 Å². The van der Waals surface area contributed by atoms with E-state index in [0.717, 1.165) is 6.07 Å². The summed E-state index contributed by atoms with van der Waals surface area (Å²) in [5.74, 6) is -0.393. The maximum absolute atomic E-state index is 12.7. The Hall–Kier alpha value is -1.69. The van der Waals surface area contributed by atoms with Crippen LogP contribution in [-0.2, 0) is 0 Å². The monoisotopic (exact) mass is 245 g/mol. The van der Waals surface area contributed by atoms with Gasteiger partial charge in [-0.3, -0.25) is 4.79 Å². The lowest BCUT2D eigenvalue weighted by Crippen LogP contribution is -2.15. The van der Waals surface area contributed by atoms with Gasteiger partial charge in [0.2, 0.25) is 0 Å². The van der Waals surface area contributed by atoms with Crippen LogP contribution in [0.3, 0.4) is 0 Å². The van der Waals surface area contributed by atoms with Gasteiger partial charge < -0.3 is 15.2 Å². The molecule has 17 heavy (non-hydrogen) atoms. The van der Waals surface area contributed by atoms with Gasteiger partial charge in [0.15, 0.2) is 5.78 Å². The van der Waals surface area contributed by atoms with Gasteiger partial charge in [-0.05, 0) is 12.1 Å². The first-order chi connectivity index (χ1) is 8.04. The van der Waals surface area contributed by atoms with Crippen LogP contribution in [-0.4, -0.2) is 26.5 Å². The van der Waals surface area contributed by atoms with Crippen molar-refractivity contribution in [3.8, 4) is 11.5 Å². The first-order valence-electron chi connectivity index (χ1n) is 4.82. The summed E-state index contributed by atoms with van der Waals surface area (Å²) < 4.78 is 35.1. The van der Waals surface area contributed by atoms with Crippen LogP contribution in [0, 0.1) is 0 Å². The molecule has 2 N–H and O–H groups in total. The van der Waals surface area contributed by atoms with Crippen molar-refractivity contribution in [1.82, 2.24) is 0 Å². The van der Waals surface area contributed by atoms with E-state index in [1.807, 2.05) is 0 Å². The number of ketones is 1. The number of rotatable bonds is 5. The predicted molar refractivity (Wildman–Crippen MR) is 57.9 cm³/mol. The third kappa shape index (κ3) is 2.71. The number of halogens is 2. The average molecular weight is 245 g/mol. The van der Waals surface area contributed by atoms with E-state index in [0.29, 0.717) is 0 Å². The minimum Gasteiger partial charge on any atom is -0.496 e. The van der Waals surface area contributed by atoms with Gasteiger partial charge in [-0.15, -0.1) is 0 Å². The molecular formula is C11H13F2NO3. The maximum atomic E-state index is 12.7. The van der Waals surface area contributed by atoms with Gasteiger partial charge in [0.25, 0.3) is 6.43 Å². The van der Waals surface area contributed by atoms with Crippen LogP contribution >= 0.6 is 0 Å². The Balaban J connectivity index is 3.37. The van der Waals surface area contributed by atoms with E-state index in [4.69, 9.17) is 15.2 Å². The summed E-state index contributed by atoms with van der Waals surface area (Å²) in [6, 6.07) is 2.31. The second-order valence-corrected chi connectivity index (χ2v) is 3.22. The normalized spacial score (nSPS) is 10.5. The lowest BCUT2D eigenvalue weighted by atomic mass is 10.1. The third-order valence-corrected chi connectivity index (χ3v) is 2.27. The standard InChI is InChI=1S/C11H13F2NO3/c1-16-9-4-7(11(12)13)10(17-2)3-6(9)8(15)5-14/h3-4,11H,5,14H2,1-2H3. The third-order valence-electron chi connectivity index (χ3n) is 2.27. The van der Waals surface area contributed by atoms with E-state index in [-0.39, 0.29) is 29.2 Å². The van der Waals surface area contributed by atoms with Crippen LogP contribution in [0.2, 0.25) is 0 Å². The number of nitrogens with two attached hydrogens (primary N) is 1. The minimum absolute atomic E-state index is 0.0578. The average Bonchev–Trinajstić information content (AvgIpc) is 2.35. The summed E-state index contributed by atoms with van der Waals surface area (Å²) in [4.78, 5) is 11.5. The highest BCUT2D eigenvalue weighted by Crippen LogP contribution is 2.35. The molecule has 0 bridgehead atoms. The Kier molecular flexibility index (Phi) is 4.39. The molecule has 0 saturated heterocycles. The molecule has 0 aliphatic carbocycles. The number of Topliss-reactive ketones (excluding diaryl/α,β-unsaturated/α-hetero) is 1. The Labute approximate surface area is 97.3 Å². The second kappa shape index (κ2) is 5.58. The van der Waals surface area contributed by atoms with Crippen molar-refractivity contribution in [3.05, 3.63) is 23.3 Å². The van der Waals surface area contributed by atoms with Crippen molar-refractivity contribution >= 4 is 5.78 Å². The largest absolute Gasteiger partial charge is 0.496 e. The summed E-state index contributed by atoms with van der Waals surface area (Å²) >= 11 is 0. The van der Waals surface area contributed by atoms with Crippen molar-refractivity contribution in [2.24, 2.45) is 5.73 Å². The van der Waals surface area contributed by atoms with E-state index in [9.17, 15) is 13.6 Å². The molecule has 0 aromatic heterocycles. The molecule has 94 valence electrons. The van der Waals surface area contributed by atoms with E-state index < -0.39 is 12.2 Å². The molecule has 0 atom stereocenters. The van der Waals surface area contributed by atoms with Crippen LogP contribution < -0.4 is 15.2 Å². The Morgan fingerprint density at radius 1 is 1.29 bits per heavy atom. The van der Waals surface area contributed by atoms with Crippen molar-refractivity contribution in [1.29, 1.82) is 0 Å². The van der Waals surface area contributed by atoms with E-state index in [1.165, 1.54) is 20.3 Å².